The molecule has 15 nitrogen and oxygen atoms in total. The van der Waals surface area contributed by atoms with Crippen molar-refractivity contribution in [1.29, 1.82) is 0 Å². The lowest BCUT2D eigenvalue weighted by molar-refractivity contribution is -0.126. The predicted octanol–water partition coefficient (Wildman–Crippen LogP) is 6.41. The molecule has 330 valence electrons. The van der Waals surface area contributed by atoms with Gasteiger partial charge >= 0.3 is 0 Å². The molecule has 0 spiro atoms. The molecule has 19 heteroatoms. The van der Waals surface area contributed by atoms with E-state index in [-0.39, 0.29) is 45.8 Å². The topological polar surface area (TPSA) is 187 Å². The molecule has 1 aromatic heterocycles. The Kier molecular flexibility index (Phi) is 13.1. The molecule has 3 aromatic carbocycles. The Morgan fingerprint density at radius 2 is 1.63 bits per heavy atom. The average Bonchev–Trinajstić information content (AvgIpc) is 3.47. The first-order valence-electron chi connectivity index (χ1n) is 20.5. The molecule has 5 N–H and O–H groups in total. The van der Waals surface area contributed by atoms with Gasteiger partial charge in [0.05, 0.1) is 34.8 Å². The fourth-order valence-corrected chi connectivity index (χ4v) is 8.41. The first-order chi connectivity index (χ1) is 29.5. The van der Waals surface area contributed by atoms with E-state index in [4.69, 9.17) is 4.74 Å². The summed E-state index contributed by atoms with van der Waals surface area (Å²) in [6, 6.07) is 10.5. The van der Waals surface area contributed by atoms with Gasteiger partial charge in [0.15, 0.2) is 0 Å². The zero-order valence-electron chi connectivity index (χ0n) is 34.9. The largest absolute Gasteiger partial charge is 0.382 e. The van der Waals surface area contributed by atoms with Gasteiger partial charge in [-0.25, -0.2) is 26.6 Å². The van der Waals surface area contributed by atoms with Crippen LogP contribution in [-0.4, -0.2) is 103 Å². The Hall–Kier alpha value is -5.79. The fourth-order valence-electron chi connectivity index (χ4n) is 7.66. The van der Waals surface area contributed by atoms with E-state index in [1.807, 2.05) is 0 Å². The van der Waals surface area contributed by atoms with E-state index in [1.165, 1.54) is 51.2 Å². The number of nitrogens with one attached hydrogen (secondary N) is 5. The van der Waals surface area contributed by atoms with Crippen LogP contribution in [0.4, 0.5) is 47.7 Å². The number of piperidine rings is 2. The van der Waals surface area contributed by atoms with Crippen LogP contribution in [0.5, 0.6) is 0 Å². The molecule has 0 saturated carbocycles. The summed E-state index contributed by atoms with van der Waals surface area (Å²) < 4.78 is 78.0. The van der Waals surface area contributed by atoms with Crippen LogP contribution in [0.25, 0.3) is 0 Å². The molecule has 4 heterocycles. The normalized spacial score (nSPS) is 17.5. The zero-order chi connectivity index (χ0) is 44.3. The summed E-state index contributed by atoms with van der Waals surface area (Å²) in [6.45, 7) is 9.74. The summed E-state index contributed by atoms with van der Waals surface area (Å²) >= 11 is 0. The van der Waals surface area contributed by atoms with Crippen molar-refractivity contribution in [3.8, 4) is 0 Å². The quantitative estimate of drug-likeness (QED) is 0.0654. The van der Waals surface area contributed by atoms with E-state index in [0.717, 1.165) is 11.0 Å². The Bertz CT molecular complexity index is 2450. The van der Waals surface area contributed by atoms with Crippen molar-refractivity contribution in [2.45, 2.75) is 70.1 Å². The number of hydrogen-bond donors (Lipinski definition) is 5. The van der Waals surface area contributed by atoms with Crippen LogP contribution >= 0.6 is 0 Å². The number of aryl methyl sites for hydroxylation is 1. The molecule has 3 amide bonds. The van der Waals surface area contributed by atoms with E-state index in [9.17, 15) is 27.2 Å². The second-order valence-electron chi connectivity index (χ2n) is 16.6. The first kappa shape index (κ1) is 44.3. The summed E-state index contributed by atoms with van der Waals surface area (Å²) in [5, 5.41) is 11.8. The van der Waals surface area contributed by atoms with E-state index >= 15 is 8.78 Å². The van der Waals surface area contributed by atoms with Crippen LogP contribution < -0.4 is 26.0 Å². The number of halogens is 3. The number of sulfonamides is 1. The highest BCUT2D eigenvalue weighted by atomic mass is 32.2. The third-order valence-corrected chi connectivity index (χ3v) is 13.3. The number of ether oxygens (including phenoxy) is 1. The lowest BCUT2D eigenvalue weighted by atomic mass is 9.88. The monoisotopic (exact) mass is 877 g/mol. The van der Waals surface area contributed by atoms with Crippen LogP contribution in [0, 0.1) is 24.4 Å². The summed E-state index contributed by atoms with van der Waals surface area (Å²) in [6.07, 6.45) is 3.71. The molecule has 0 bridgehead atoms. The SMILES string of the molecule is Cc1cnc(Nc2cc(F)c(C3CCN(CCOCCNc4cccc5c4C(=O)N(C4CCCNC4=O)C5=O)CC3)c(F)c2)nc1Nc1ccc(F)c(NS(=O)(=O)C(C)(C)C)c1. The van der Waals surface area contributed by atoms with Gasteiger partial charge in [0.1, 0.15) is 29.3 Å². The highest BCUT2D eigenvalue weighted by molar-refractivity contribution is 7.94. The van der Waals surface area contributed by atoms with Gasteiger partial charge in [0.25, 0.3) is 11.8 Å². The Morgan fingerprint density at radius 3 is 2.34 bits per heavy atom. The molecular weight excluding hydrogens is 828 g/mol. The number of rotatable bonds is 15. The minimum Gasteiger partial charge on any atom is -0.382 e. The fraction of sp³-hybridized carbons (Fsp3) is 0.419. The number of amides is 3. The second-order valence-corrected chi connectivity index (χ2v) is 19.0. The maximum atomic E-state index is 15.6. The number of imide groups is 1. The van der Waals surface area contributed by atoms with Gasteiger partial charge in [-0.15, -0.1) is 0 Å². The summed E-state index contributed by atoms with van der Waals surface area (Å²) in [5.41, 5.74) is 1.86. The van der Waals surface area contributed by atoms with Gasteiger partial charge in [-0.1, -0.05) is 6.07 Å². The van der Waals surface area contributed by atoms with Crippen molar-refractivity contribution >= 4 is 62.3 Å². The maximum Gasteiger partial charge on any atom is 0.264 e. The van der Waals surface area contributed by atoms with E-state index in [0.29, 0.717) is 94.4 Å². The molecule has 2 saturated heterocycles. The van der Waals surface area contributed by atoms with Crippen LogP contribution in [-0.2, 0) is 19.6 Å². The van der Waals surface area contributed by atoms with Crippen molar-refractivity contribution in [2.24, 2.45) is 0 Å². The average molecular weight is 878 g/mol. The summed E-state index contributed by atoms with van der Waals surface area (Å²) in [4.78, 5) is 50.8. The van der Waals surface area contributed by atoms with Gasteiger partial charge in [0, 0.05) is 54.0 Å². The summed E-state index contributed by atoms with van der Waals surface area (Å²) in [5.74, 6) is -3.39. The number of fused-ring (bicyclic) bond motifs is 1. The number of nitrogens with zero attached hydrogens (tertiary/aromatic N) is 4. The number of benzene rings is 3. The van der Waals surface area contributed by atoms with Gasteiger partial charge in [0.2, 0.25) is 21.9 Å². The zero-order valence-corrected chi connectivity index (χ0v) is 35.7. The van der Waals surface area contributed by atoms with Gasteiger partial charge in [-0.2, -0.15) is 4.98 Å². The van der Waals surface area contributed by atoms with Crippen molar-refractivity contribution in [1.82, 2.24) is 25.1 Å². The smallest absolute Gasteiger partial charge is 0.264 e. The molecule has 3 aliphatic heterocycles. The van der Waals surface area contributed by atoms with Gasteiger partial charge in [-0.3, -0.25) is 24.0 Å². The number of hydrogen-bond acceptors (Lipinski definition) is 12. The van der Waals surface area contributed by atoms with Crippen molar-refractivity contribution in [3.05, 3.63) is 94.4 Å². The molecule has 62 heavy (non-hydrogen) atoms. The molecule has 2 fully saturated rings. The highest BCUT2D eigenvalue weighted by Gasteiger charge is 2.44. The molecule has 0 aliphatic carbocycles. The molecule has 7 rings (SSSR count). The first-order valence-corrected chi connectivity index (χ1v) is 22.0. The van der Waals surface area contributed by atoms with Crippen LogP contribution in [0.2, 0.25) is 0 Å². The maximum absolute atomic E-state index is 15.6. The third kappa shape index (κ3) is 9.64. The number of likely N-dealkylation sites (tertiary alicyclic amines) is 1. The van der Waals surface area contributed by atoms with Crippen LogP contribution in [0.3, 0.4) is 0 Å². The van der Waals surface area contributed by atoms with Gasteiger partial charge < -0.3 is 30.9 Å². The summed E-state index contributed by atoms with van der Waals surface area (Å²) in [7, 11) is -3.90. The van der Waals surface area contributed by atoms with Gasteiger partial charge in [-0.05, 0) is 115 Å². The number of carbonyl (C=O) groups is 3. The third-order valence-electron chi connectivity index (χ3n) is 11.2. The van der Waals surface area contributed by atoms with E-state index in [1.54, 1.807) is 25.1 Å². The number of anilines is 6. The molecule has 4 aromatic rings. The minimum atomic E-state index is -3.90. The Labute approximate surface area is 358 Å². The van der Waals surface area contributed by atoms with Crippen LogP contribution in [0.1, 0.15) is 84.2 Å². The molecule has 1 unspecified atom stereocenters. The van der Waals surface area contributed by atoms with E-state index < -0.39 is 50.1 Å². The van der Waals surface area contributed by atoms with E-state index in [2.05, 4.69) is 40.9 Å². The number of carbonyl (C=O) groups excluding carboxylic acids is 3. The molecule has 0 radical (unpaired) electrons. The minimum absolute atomic E-state index is 0.0246. The highest BCUT2D eigenvalue weighted by Crippen LogP contribution is 2.35. The lowest BCUT2D eigenvalue weighted by Crippen LogP contribution is -2.52. The molecule has 1 atom stereocenters. The van der Waals surface area contributed by atoms with Crippen molar-refractivity contribution < 1.29 is 40.7 Å². The lowest BCUT2D eigenvalue weighted by Gasteiger charge is -2.32. The molecular formula is C43H50F3N9O6S. The Balaban J connectivity index is 0.874. The van der Waals surface area contributed by atoms with Crippen molar-refractivity contribution in [3.63, 3.8) is 0 Å². The standard InChI is InChI=1S/C43H50F3N9O6S/c1-25-24-49-42(52-38(25)50-27-10-11-30(44)34(23-27)53-62(59,60)43(2,3)4)51-28-21-31(45)36(32(46)22-28)26-12-16-54(17-13-26)18-20-61-19-15-47-33-8-5-7-29-37(33)41(58)55(40(29)57)35-9-6-14-48-39(35)56/h5,7-8,10-11,21-24,26,35,47,53H,6,9,12-20H2,1-4H3,(H,48,56)(H2,49,50,51,52). The Morgan fingerprint density at radius 1 is 0.887 bits per heavy atom. The molecule has 3 aliphatic rings. The van der Waals surface area contributed by atoms with Crippen LogP contribution in [0.15, 0.2) is 54.7 Å². The number of aromatic nitrogens is 2. The van der Waals surface area contributed by atoms with Crippen molar-refractivity contribution in [2.75, 3.05) is 66.6 Å². The predicted molar refractivity (Wildman–Crippen MR) is 229 cm³/mol. The second kappa shape index (κ2) is 18.3.